The van der Waals surface area contributed by atoms with Gasteiger partial charge in [-0.15, -0.1) is 0 Å². The van der Waals surface area contributed by atoms with E-state index in [-0.39, 0.29) is 11.3 Å². The Hall–Kier alpha value is -1.99. The second-order valence-corrected chi connectivity index (χ2v) is 5.74. The predicted molar refractivity (Wildman–Crippen MR) is 88.4 cm³/mol. The van der Waals surface area contributed by atoms with Crippen LogP contribution in [0.15, 0.2) is 12.1 Å². The van der Waals surface area contributed by atoms with Gasteiger partial charge >= 0.3 is 5.97 Å². The Morgan fingerprint density at radius 1 is 1.26 bits per heavy atom. The van der Waals surface area contributed by atoms with E-state index in [1.165, 1.54) is 19.2 Å². The minimum absolute atomic E-state index is 0.0200. The lowest BCUT2D eigenvalue weighted by Crippen LogP contribution is -2.44. The van der Waals surface area contributed by atoms with Gasteiger partial charge < -0.3 is 30.1 Å². The number of likely N-dealkylation sites (N-methyl/N-ethyl adjacent to an activating group) is 1. The summed E-state index contributed by atoms with van der Waals surface area (Å²) in [5.41, 5.74) is 5.94. The summed E-state index contributed by atoms with van der Waals surface area (Å²) in [6.07, 6.45) is 0.896. The first-order valence-corrected chi connectivity index (χ1v) is 7.75. The van der Waals surface area contributed by atoms with E-state index in [1.54, 1.807) is 0 Å². The van der Waals surface area contributed by atoms with Crippen LogP contribution >= 0.6 is 0 Å². The van der Waals surface area contributed by atoms with Crippen LogP contribution in [0.2, 0.25) is 0 Å². The highest BCUT2D eigenvalue weighted by atomic mass is 16.5. The van der Waals surface area contributed by atoms with Crippen molar-refractivity contribution in [3.05, 3.63) is 17.7 Å². The minimum atomic E-state index is -1.08. The molecule has 7 nitrogen and oxygen atoms in total. The van der Waals surface area contributed by atoms with Gasteiger partial charge in [-0.25, -0.2) is 4.79 Å². The van der Waals surface area contributed by atoms with Crippen LogP contribution in [-0.2, 0) is 0 Å². The van der Waals surface area contributed by atoms with Crippen LogP contribution < -0.4 is 15.2 Å². The van der Waals surface area contributed by atoms with Gasteiger partial charge in [0, 0.05) is 44.9 Å². The van der Waals surface area contributed by atoms with Crippen LogP contribution in [-0.4, -0.2) is 74.4 Å². The molecule has 0 aromatic heterocycles. The molecule has 0 radical (unpaired) electrons. The molecule has 128 valence electrons. The number of piperazine rings is 1. The van der Waals surface area contributed by atoms with Crippen molar-refractivity contribution in [1.82, 2.24) is 9.80 Å². The van der Waals surface area contributed by atoms with E-state index < -0.39 is 5.97 Å². The van der Waals surface area contributed by atoms with E-state index >= 15 is 0 Å². The zero-order valence-electron chi connectivity index (χ0n) is 13.7. The van der Waals surface area contributed by atoms with E-state index in [4.69, 9.17) is 20.3 Å². The standard InChI is InChI=1S/C16H25N3O4/c1-18-5-7-19(8-6-18)4-3-9-23-15-11-13(17)12(16(20)21)10-14(15)22-2/h10-11H,3-9,17H2,1-2H3,(H,20,21). The number of hydrogen-bond acceptors (Lipinski definition) is 6. The molecular formula is C16H25N3O4. The molecule has 0 spiro atoms. The average molecular weight is 323 g/mol. The molecule has 23 heavy (non-hydrogen) atoms. The van der Waals surface area contributed by atoms with E-state index in [0.29, 0.717) is 18.1 Å². The highest BCUT2D eigenvalue weighted by molar-refractivity contribution is 5.94. The summed E-state index contributed by atoms with van der Waals surface area (Å²) in [6.45, 7) is 5.89. The Kier molecular flexibility index (Phi) is 6.06. The molecular weight excluding hydrogens is 298 g/mol. The van der Waals surface area contributed by atoms with E-state index in [1.807, 2.05) is 0 Å². The zero-order chi connectivity index (χ0) is 16.8. The lowest BCUT2D eigenvalue weighted by atomic mass is 10.1. The molecule has 0 bridgehead atoms. The summed E-state index contributed by atoms with van der Waals surface area (Å²) < 4.78 is 10.9. The number of anilines is 1. The molecule has 0 saturated carbocycles. The highest BCUT2D eigenvalue weighted by Crippen LogP contribution is 2.32. The topological polar surface area (TPSA) is 88.3 Å². The Balaban J connectivity index is 1.85. The molecule has 0 unspecified atom stereocenters. The molecule has 3 N–H and O–H groups in total. The summed E-state index contributed by atoms with van der Waals surface area (Å²) >= 11 is 0. The van der Waals surface area contributed by atoms with Crippen molar-refractivity contribution < 1.29 is 19.4 Å². The van der Waals surface area contributed by atoms with Gasteiger partial charge in [0.25, 0.3) is 0 Å². The van der Waals surface area contributed by atoms with Crippen molar-refractivity contribution in [2.24, 2.45) is 0 Å². The second-order valence-electron chi connectivity index (χ2n) is 5.74. The Morgan fingerprint density at radius 3 is 2.57 bits per heavy atom. The lowest BCUT2D eigenvalue weighted by Gasteiger charge is -2.32. The average Bonchev–Trinajstić information content (AvgIpc) is 2.53. The van der Waals surface area contributed by atoms with Gasteiger partial charge in [0.15, 0.2) is 11.5 Å². The number of carboxylic acids is 1. The number of nitrogens with zero attached hydrogens (tertiary/aromatic N) is 2. The molecule has 1 aliphatic heterocycles. The Bertz CT molecular complexity index is 542. The number of nitrogens with two attached hydrogens (primary N) is 1. The number of benzene rings is 1. The summed E-state index contributed by atoms with van der Waals surface area (Å²) in [5.74, 6) is -0.216. The van der Waals surface area contributed by atoms with Crippen LogP contribution in [0.25, 0.3) is 0 Å². The maximum Gasteiger partial charge on any atom is 0.337 e. The first-order chi connectivity index (χ1) is 11.0. The number of aromatic carboxylic acids is 1. The number of ether oxygens (including phenoxy) is 2. The maximum absolute atomic E-state index is 11.1. The van der Waals surface area contributed by atoms with Crippen LogP contribution in [0, 0.1) is 0 Å². The van der Waals surface area contributed by atoms with Crippen molar-refractivity contribution in [2.75, 3.05) is 59.2 Å². The number of rotatable bonds is 7. The molecule has 1 aromatic rings. The summed E-state index contributed by atoms with van der Waals surface area (Å²) in [4.78, 5) is 15.8. The third-order valence-electron chi connectivity index (χ3n) is 4.04. The molecule has 7 heteroatoms. The number of carbonyl (C=O) groups is 1. The summed E-state index contributed by atoms with van der Waals surface area (Å²) in [5, 5.41) is 9.07. The van der Waals surface area contributed by atoms with Crippen LogP contribution in [0.1, 0.15) is 16.8 Å². The third kappa shape index (κ3) is 4.74. The normalized spacial score (nSPS) is 16.3. The van der Waals surface area contributed by atoms with Crippen LogP contribution in [0.4, 0.5) is 5.69 Å². The fourth-order valence-corrected chi connectivity index (χ4v) is 2.57. The van der Waals surface area contributed by atoms with E-state index in [0.717, 1.165) is 39.1 Å². The quantitative estimate of drug-likeness (QED) is 0.571. The van der Waals surface area contributed by atoms with Gasteiger partial charge in [-0.3, -0.25) is 0 Å². The van der Waals surface area contributed by atoms with Crippen LogP contribution in [0.3, 0.4) is 0 Å². The smallest absolute Gasteiger partial charge is 0.337 e. The molecule has 2 rings (SSSR count). The number of nitrogen functional groups attached to an aromatic ring is 1. The molecule has 0 atom stereocenters. The van der Waals surface area contributed by atoms with Crippen molar-refractivity contribution in [1.29, 1.82) is 0 Å². The van der Waals surface area contributed by atoms with E-state index in [2.05, 4.69) is 16.8 Å². The van der Waals surface area contributed by atoms with Gasteiger partial charge in [0.1, 0.15) is 0 Å². The monoisotopic (exact) mass is 323 g/mol. The third-order valence-corrected chi connectivity index (χ3v) is 4.04. The van der Waals surface area contributed by atoms with Gasteiger partial charge in [0.2, 0.25) is 0 Å². The Labute approximate surface area is 136 Å². The first kappa shape index (κ1) is 17.4. The second kappa shape index (κ2) is 8.03. The lowest BCUT2D eigenvalue weighted by molar-refractivity contribution is 0.0697. The van der Waals surface area contributed by atoms with E-state index in [9.17, 15) is 4.79 Å². The summed E-state index contributed by atoms with van der Waals surface area (Å²) in [6, 6.07) is 2.91. The van der Waals surface area contributed by atoms with Gasteiger partial charge in [-0.2, -0.15) is 0 Å². The van der Waals surface area contributed by atoms with Gasteiger partial charge in [0.05, 0.1) is 25.0 Å². The minimum Gasteiger partial charge on any atom is -0.493 e. The van der Waals surface area contributed by atoms with Crippen molar-refractivity contribution >= 4 is 11.7 Å². The zero-order valence-corrected chi connectivity index (χ0v) is 13.7. The number of methoxy groups -OCH3 is 1. The predicted octanol–water partition coefficient (Wildman–Crippen LogP) is 0.992. The van der Waals surface area contributed by atoms with Crippen molar-refractivity contribution in [3.63, 3.8) is 0 Å². The fourth-order valence-electron chi connectivity index (χ4n) is 2.57. The molecule has 0 amide bonds. The van der Waals surface area contributed by atoms with Gasteiger partial charge in [-0.1, -0.05) is 0 Å². The number of hydrogen-bond donors (Lipinski definition) is 2. The first-order valence-electron chi connectivity index (χ1n) is 7.75. The molecule has 1 fully saturated rings. The maximum atomic E-state index is 11.1. The number of carboxylic acid groups (broad SMARTS) is 1. The fraction of sp³-hybridized carbons (Fsp3) is 0.562. The summed E-state index contributed by atoms with van der Waals surface area (Å²) in [7, 11) is 3.62. The molecule has 1 aliphatic rings. The molecule has 1 saturated heterocycles. The largest absolute Gasteiger partial charge is 0.493 e. The molecule has 1 aromatic carbocycles. The molecule has 1 heterocycles. The highest BCUT2D eigenvalue weighted by Gasteiger charge is 2.16. The van der Waals surface area contributed by atoms with Crippen molar-refractivity contribution in [3.8, 4) is 11.5 Å². The van der Waals surface area contributed by atoms with Crippen LogP contribution in [0.5, 0.6) is 11.5 Å². The SMILES string of the molecule is COc1cc(C(=O)O)c(N)cc1OCCCN1CCN(C)CC1. The Morgan fingerprint density at radius 2 is 1.96 bits per heavy atom. The van der Waals surface area contributed by atoms with Gasteiger partial charge in [-0.05, 0) is 13.5 Å². The molecule has 0 aliphatic carbocycles. The van der Waals surface area contributed by atoms with Crippen molar-refractivity contribution in [2.45, 2.75) is 6.42 Å².